The molecule has 5 heteroatoms. The quantitative estimate of drug-likeness (QED) is 0.694. The molecule has 1 aliphatic heterocycles. The van der Waals surface area contributed by atoms with Gasteiger partial charge in [-0.15, -0.1) is 0 Å². The summed E-state index contributed by atoms with van der Waals surface area (Å²) in [5.74, 6) is 1.40. The zero-order valence-electron chi connectivity index (χ0n) is 11.7. The number of urea groups is 1. The van der Waals surface area contributed by atoms with Crippen LogP contribution in [-0.2, 0) is 0 Å². The Labute approximate surface area is 114 Å². The molecule has 3 N–H and O–H groups in total. The van der Waals surface area contributed by atoms with Gasteiger partial charge in [-0.25, -0.2) is 4.79 Å². The fourth-order valence-electron chi connectivity index (χ4n) is 1.98. The number of hydrogen-bond donors (Lipinski definition) is 3. The molecule has 3 atom stereocenters. The summed E-state index contributed by atoms with van der Waals surface area (Å²) in [6, 6.07) is -0.175. The van der Waals surface area contributed by atoms with Crippen molar-refractivity contribution in [2.24, 2.45) is 5.92 Å². The minimum atomic E-state index is -0.461. The fourth-order valence-corrected chi connectivity index (χ4v) is 3.22. The smallest absolute Gasteiger partial charge is 0.314 e. The van der Waals surface area contributed by atoms with Gasteiger partial charge >= 0.3 is 6.03 Å². The molecule has 0 radical (unpaired) electrons. The van der Waals surface area contributed by atoms with Crippen molar-refractivity contribution >= 4 is 17.8 Å². The molecular formula is C13H26N2O2S. The maximum atomic E-state index is 11.6. The molecule has 106 valence electrons. The number of amides is 2. The van der Waals surface area contributed by atoms with Gasteiger partial charge in [-0.05, 0) is 31.4 Å². The van der Waals surface area contributed by atoms with E-state index in [0.717, 1.165) is 12.8 Å². The van der Waals surface area contributed by atoms with E-state index in [1.54, 1.807) is 0 Å². The Bertz CT molecular complexity index is 268. The summed E-state index contributed by atoms with van der Waals surface area (Å²) in [6.07, 6.45) is 2.85. The van der Waals surface area contributed by atoms with E-state index in [2.05, 4.69) is 17.6 Å². The SMILES string of the molecule is CCC(C)C(O)CNC(=O)NCC1(C)CCCS1. The van der Waals surface area contributed by atoms with Crippen molar-refractivity contribution in [1.29, 1.82) is 0 Å². The highest BCUT2D eigenvalue weighted by atomic mass is 32.2. The largest absolute Gasteiger partial charge is 0.391 e. The van der Waals surface area contributed by atoms with Crippen LogP contribution < -0.4 is 10.6 Å². The molecule has 1 fully saturated rings. The molecule has 18 heavy (non-hydrogen) atoms. The number of rotatable bonds is 6. The average Bonchev–Trinajstić information content (AvgIpc) is 2.80. The van der Waals surface area contributed by atoms with Crippen LogP contribution in [0.25, 0.3) is 0 Å². The van der Waals surface area contributed by atoms with Crippen LogP contribution in [0.5, 0.6) is 0 Å². The third kappa shape index (κ3) is 5.06. The van der Waals surface area contributed by atoms with Gasteiger partial charge in [-0.3, -0.25) is 0 Å². The first-order valence-corrected chi connectivity index (χ1v) is 7.79. The highest BCUT2D eigenvalue weighted by Crippen LogP contribution is 2.36. The van der Waals surface area contributed by atoms with Crippen molar-refractivity contribution < 1.29 is 9.90 Å². The van der Waals surface area contributed by atoms with E-state index in [1.807, 2.05) is 25.6 Å². The first-order chi connectivity index (χ1) is 8.47. The van der Waals surface area contributed by atoms with E-state index in [4.69, 9.17) is 0 Å². The molecule has 0 bridgehead atoms. The van der Waals surface area contributed by atoms with E-state index >= 15 is 0 Å². The van der Waals surface area contributed by atoms with Gasteiger partial charge in [0.15, 0.2) is 0 Å². The van der Waals surface area contributed by atoms with Gasteiger partial charge in [0, 0.05) is 17.8 Å². The first-order valence-electron chi connectivity index (χ1n) is 6.80. The number of hydrogen-bond acceptors (Lipinski definition) is 3. The number of aliphatic hydroxyl groups excluding tert-OH is 1. The van der Waals surface area contributed by atoms with Gasteiger partial charge in [-0.2, -0.15) is 11.8 Å². The molecule has 0 saturated carbocycles. The van der Waals surface area contributed by atoms with E-state index in [1.165, 1.54) is 12.2 Å². The lowest BCUT2D eigenvalue weighted by Gasteiger charge is -2.23. The summed E-state index contributed by atoms with van der Waals surface area (Å²) < 4.78 is 0.187. The normalized spacial score (nSPS) is 26.7. The Morgan fingerprint density at radius 2 is 2.22 bits per heavy atom. The van der Waals surface area contributed by atoms with Crippen molar-refractivity contribution in [3.8, 4) is 0 Å². The van der Waals surface area contributed by atoms with Crippen LogP contribution >= 0.6 is 11.8 Å². The summed E-state index contributed by atoms with van der Waals surface area (Å²) in [4.78, 5) is 11.6. The predicted molar refractivity (Wildman–Crippen MR) is 77.0 cm³/mol. The molecule has 0 spiro atoms. The summed E-state index contributed by atoms with van der Waals surface area (Å²) in [5, 5.41) is 15.4. The number of nitrogens with one attached hydrogen (secondary N) is 2. The Morgan fingerprint density at radius 1 is 1.50 bits per heavy atom. The molecule has 0 aliphatic carbocycles. The van der Waals surface area contributed by atoms with E-state index in [0.29, 0.717) is 13.1 Å². The number of carbonyl (C=O) groups is 1. The van der Waals surface area contributed by atoms with Crippen LogP contribution in [-0.4, -0.2) is 40.8 Å². The number of aliphatic hydroxyl groups is 1. The number of thioether (sulfide) groups is 1. The molecule has 0 aromatic rings. The maximum absolute atomic E-state index is 11.6. The molecule has 0 aromatic carbocycles. The fraction of sp³-hybridized carbons (Fsp3) is 0.923. The van der Waals surface area contributed by atoms with Crippen LogP contribution in [0.3, 0.4) is 0 Å². The summed E-state index contributed by atoms with van der Waals surface area (Å²) in [7, 11) is 0. The van der Waals surface area contributed by atoms with Crippen LogP contribution in [0.4, 0.5) is 4.79 Å². The number of carbonyl (C=O) groups excluding carboxylic acids is 1. The molecule has 1 rings (SSSR count). The van der Waals surface area contributed by atoms with Gasteiger partial charge in [0.05, 0.1) is 6.10 Å². The van der Waals surface area contributed by atoms with E-state index in [-0.39, 0.29) is 16.7 Å². The molecule has 2 amide bonds. The standard InChI is InChI=1S/C13H26N2O2S/c1-4-10(2)11(16)8-14-12(17)15-9-13(3)6-5-7-18-13/h10-11,16H,4-9H2,1-3H3,(H2,14,15,17). The Hall–Kier alpha value is -0.420. The summed E-state index contributed by atoms with van der Waals surface area (Å²) >= 11 is 1.93. The van der Waals surface area contributed by atoms with Gasteiger partial charge in [0.25, 0.3) is 0 Å². The second kappa shape index (κ2) is 7.24. The van der Waals surface area contributed by atoms with Crippen molar-refractivity contribution in [2.45, 2.75) is 50.9 Å². The third-order valence-electron chi connectivity index (χ3n) is 3.70. The summed E-state index contributed by atoms with van der Waals surface area (Å²) in [6.45, 7) is 7.24. The second-order valence-corrected chi connectivity index (χ2v) is 7.10. The zero-order chi connectivity index (χ0) is 13.6. The topological polar surface area (TPSA) is 61.4 Å². The third-order valence-corrected chi connectivity index (χ3v) is 5.23. The molecule has 3 unspecified atom stereocenters. The Morgan fingerprint density at radius 3 is 2.78 bits per heavy atom. The van der Waals surface area contributed by atoms with Crippen LogP contribution in [0.1, 0.15) is 40.0 Å². The lowest BCUT2D eigenvalue weighted by atomic mass is 10.0. The predicted octanol–water partition coefficient (Wildman–Crippen LogP) is 1.98. The van der Waals surface area contributed by atoms with Gasteiger partial charge in [-0.1, -0.05) is 20.3 Å². The van der Waals surface area contributed by atoms with Crippen molar-refractivity contribution in [3.63, 3.8) is 0 Å². The van der Waals surface area contributed by atoms with Gasteiger partial charge in [0.1, 0.15) is 0 Å². The molecule has 1 aliphatic rings. The van der Waals surface area contributed by atoms with Crippen LogP contribution in [0.2, 0.25) is 0 Å². The molecule has 4 nitrogen and oxygen atoms in total. The lowest BCUT2D eigenvalue weighted by molar-refractivity contribution is 0.114. The lowest BCUT2D eigenvalue weighted by Crippen LogP contribution is -2.45. The molecule has 1 heterocycles. The molecule has 0 aromatic heterocycles. The van der Waals surface area contributed by atoms with Gasteiger partial charge < -0.3 is 15.7 Å². The molecular weight excluding hydrogens is 248 g/mol. The zero-order valence-corrected chi connectivity index (χ0v) is 12.5. The highest BCUT2D eigenvalue weighted by molar-refractivity contribution is 8.00. The van der Waals surface area contributed by atoms with E-state index < -0.39 is 6.10 Å². The van der Waals surface area contributed by atoms with Crippen molar-refractivity contribution in [2.75, 3.05) is 18.8 Å². The first kappa shape index (κ1) is 15.6. The molecule has 1 saturated heterocycles. The second-order valence-electron chi connectivity index (χ2n) is 5.42. The summed E-state index contributed by atoms with van der Waals surface area (Å²) in [5.41, 5.74) is 0. The maximum Gasteiger partial charge on any atom is 0.314 e. The van der Waals surface area contributed by atoms with Crippen LogP contribution in [0.15, 0.2) is 0 Å². The minimum Gasteiger partial charge on any atom is -0.391 e. The van der Waals surface area contributed by atoms with Crippen LogP contribution in [0, 0.1) is 5.92 Å². The monoisotopic (exact) mass is 274 g/mol. The van der Waals surface area contributed by atoms with Gasteiger partial charge in [0.2, 0.25) is 0 Å². The average molecular weight is 274 g/mol. The van der Waals surface area contributed by atoms with Crippen molar-refractivity contribution in [1.82, 2.24) is 10.6 Å². The highest BCUT2D eigenvalue weighted by Gasteiger charge is 2.29. The van der Waals surface area contributed by atoms with Crippen molar-refractivity contribution in [3.05, 3.63) is 0 Å². The van der Waals surface area contributed by atoms with E-state index in [9.17, 15) is 9.90 Å². The minimum absolute atomic E-state index is 0.175. The Kier molecular flexibility index (Phi) is 6.29. The Balaban J connectivity index is 2.17.